The van der Waals surface area contributed by atoms with Gasteiger partial charge in [0.15, 0.2) is 0 Å². The van der Waals surface area contributed by atoms with Crippen molar-refractivity contribution in [2.75, 3.05) is 11.9 Å². The van der Waals surface area contributed by atoms with E-state index in [2.05, 4.69) is 59.4 Å². The summed E-state index contributed by atoms with van der Waals surface area (Å²) in [5, 5.41) is 5.63. The summed E-state index contributed by atoms with van der Waals surface area (Å²) in [6.07, 6.45) is 1.97. The minimum atomic E-state index is 0.0929. The zero-order valence-electron chi connectivity index (χ0n) is 13.5. The van der Waals surface area contributed by atoms with Crippen LogP contribution in [0.2, 0.25) is 0 Å². The molecule has 4 nitrogen and oxygen atoms in total. The van der Waals surface area contributed by atoms with Crippen LogP contribution in [-0.2, 0) is 13.1 Å². The van der Waals surface area contributed by atoms with Gasteiger partial charge in [0.1, 0.15) is 0 Å². The number of pyridine rings is 1. The first-order valence-electron chi connectivity index (χ1n) is 7.14. The largest absolute Gasteiger partial charge is 0.368 e. The maximum atomic E-state index is 4.44. The molecule has 2 aromatic rings. The summed E-state index contributed by atoms with van der Waals surface area (Å²) >= 11 is 1.64. The third-order valence-corrected chi connectivity index (χ3v) is 3.84. The van der Waals surface area contributed by atoms with E-state index in [4.69, 9.17) is 0 Å². The van der Waals surface area contributed by atoms with Crippen molar-refractivity contribution in [1.29, 1.82) is 0 Å². The van der Waals surface area contributed by atoms with Gasteiger partial charge in [-0.25, -0.2) is 4.98 Å². The van der Waals surface area contributed by atoms with Crippen molar-refractivity contribution in [2.24, 2.45) is 0 Å². The van der Waals surface area contributed by atoms with Crippen LogP contribution in [0.1, 0.15) is 37.7 Å². The summed E-state index contributed by atoms with van der Waals surface area (Å²) in [6.45, 7) is 10.2. The molecular weight excluding hydrogens is 280 g/mol. The van der Waals surface area contributed by atoms with Crippen LogP contribution in [0.4, 0.5) is 5.69 Å². The summed E-state index contributed by atoms with van der Waals surface area (Å²) in [4.78, 5) is 11.0. The molecule has 21 heavy (non-hydrogen) atoms. The van der Waals surface area contributed by atoms with E-state index in [-0.39, 0.29) is 5.54 Å². The van der Waals surface area contributed by atoms with Crippen molar-refractivity contribution in [2.45, 2.75) is 46.3 Å². The van der Waals surface area contributed by atoms with Crippen LogP contribution in [0.3, 0.4) is 0 Å². The topological polar surface area (TPSA) is 41.1 Å². The molecule has 0 aliphatic carbocycles. The van der Waals surface area contributed by atoms with E-state index in [1.54, 1.807) is 11.3 Å². The number of aromatic nitrogens is 2. The van der Waals surface area contributed by atoms with Crippen molar-refractivity contribution in [3.8, 4) is 0 Å². The molecule has 1 N–H and O–H groups in total. The highest BCUT2D eigenvalue weighted by molar-refractivity contribution is 7.07. The summed E-state index contributed by atoms with van der Waals surface area (Å²) in [5.74, 6) is 0. The van der Waals surface area contributed by atoms with Gasteiger partial charge in [-0.15, -0.1) is 11.3 Å². The van der Waals surface area contributed by atoms with Crippen LogP contribution < -0.4 is 10.2 Å². The number of thiazole rings is 1. The molecule has 0 aliphatic rings. The molecule has 2 aromatic heterocycles. The number of anilines is 1. The van der Waals surface area contributed by atoms with Gasteiger partial charge in [-0.2, -0.15) is 0 Å². The van der Waals surface area contributed by atoms with Crippen LogP contribution in [0.15, 0.2) is 23.2 Å². The molecule has 5 heteroatoms. The summed E-state index contributed by atoms with van der Waals surface area (Å²) in [6, 6.07) is 2.14. The Labute approximate surface area is 131 Å². The second-order valence-electron chi connectivity index (χ2n) is 6.39. The molecule has 0 saturated carbocycles. The molecule has 0 atom stereocenters. The first-order valence-corrected chi connectivity index (χ1v) is 8.08. The van der Waals surface area contributed by atoms with Crippen molar-refractivity contribution < 1.29 is 0 Å². The Morgan fingerprint density at radius 3 is 2.67 bits per heavy atom. The Bertz CT molecular complexity index is 572. The highest BCUT2D eigenvalue weighted by atomic mass is 32.1. The van der Waals surface area contributed by atoms with Crippen LogP contribution in [0.25, 0.3) is 0 Å². The fraction of sp³-hybridized carbons (Fsp3) is 0.500. The molecule has 0 aliphatic heterocycles. The number of rotatable bonds is 5. The van der Waals surface area contributed by atoms with Crippen LogP contribution in [-0.4, -0.2) is 22.6 Å². The minimum Gasteiger partial charge on any atom is -0.368 e. The molecule has 0 amide bonds. The monoisotopic (exact) mass is 304 g/mol. The Morgan fingerprint density at radius 1 is 1.29 bits per heavy atom. The van der Waals surface area contributed by atoms with Gasteiger partial charge in [0.2, 0.25) is 0 Å². The summed E-state index contributed by atoms with van der Waals surface area (Å²) in [7, 11) is 2.11. The third kappa shape index (κ3) is 4.79. The normalized spacial score (nSPS) is 11.7. The lowest BCUT2D eigenvalue weighted by Crippen LogP contribution is -2.35. The number of nitrogens with one attached hydrogen (secondary N) is 1. The van der Waals surface area contributed by atoms with E-state index in [0.717, 1.165) is 24.5 Å². The van der Waals surface area contributed by atoms with Gasteiger partial charge in [0.25, 0.3) is 0 Å². The second kappa shape index (κ2) is 6.54. The van der Waals surface area contributed by atoms with Gasteiger partial charge in [-0.05, 0) is 33.8 Å². The molecule has 0 unspecified atom stereocenters. The van der Waals surface area contributed by atoms with Crippen molar-refractivity contribution in [3.05, 3.63) is 40.1 Å². The molecule has 0 bridgehead atoms. The Morgan fingerprint density at radius 2 is 2.05 bits per heavy atom. The molecule has 2 rings (SSSR count). The lowest BCUT2D eigenvalue weighted by molar-refractivity contribution is 0.424. The molecule has 0 saturated heterocycles. The van der Waals surface area contributed by atoms with E-state index in [1.165, 1.54) is 11.3 Å². The average Bonchev–Trinajstić information content (AvgIpc) is 2.89. The first kappa shape index (κ1) is 15.9. The molecule has 0 fully saturated rings. The first-order chi connectivity index (χ1) is 9.85. The lowest BCUT2D eigenvalue weighted by Gasteiger charge is -2.25. The van der Waals surface area contributed by atoms with Gasteiger partial charge >= 0.3 is 0 Å². The predicted molar refractivity (Wildman–Crippen MR) is 89.8 cm³/mol. The molecule has 0 spiro atoms. The van der Waals surface area contributed by atoms with Crippen LogP contribution >= 0.6 is 11.3 Å². The van der Waals surface area contributed by atoms with Crippen LogP contribution in [0, 0.1) is 6.92 Å². The standard InChI is InChI=1S/C16H24N4S/c1-12-6-15(20(5)9-14-10-21-11-18-14)13(7-17-12)8-19-16(2,3)4/h6-7,10-11,19H,8-9H2,1-5H3. The van der Waals surface area contributed by atoms with Gasteiger partial charge < -0.3 is 10.2 Å². The number of nitrogens with zero attached hydrogens (tertiary/aromatic N) is 3. The quantitative estimate of drug-likeness (QED) is 0.919. The zero-order valence-corrected chi connectivity index (χ0v) is 14.3. The number of hydrogen-bond acceptors (Lipinski definition) is 5. The molecule has 2 heterocycles. The average molecular weight is 304 g/mol. The van der Waals surface area contributed by atoms with Gasteiger partial charge in [-0.3, -0.25) is 4.98 Å². The van der Waals surface area contributed by atoms with E-state index >= 15 is 0 Å². The highest BCUT2D eigenvalue weighted by Crippen LogP contribution is 2.22. The highest BCUT2D eigenvalue weighted by Gasteiger charge is 2.13. The maximum absolute atomic E-state index is 4.44. The Balaban J connectivity index is 2.18. The molecule has 0 radical (unpaired) electrons. The zero-order chi connectivity index (χ0) is 15.5. The van der Waals surface area contributed by atoms with E-state index in [9.17, 15) is 0 Å². The van der Waals surface area contributed by atoms with Crippen molar-refractivity contribution in [1.82, 2.24) is 15.3 Å². The Hall–Kier alpha value is -1.46. The predicted octanol–water partition coefficient (Wildman–Crippen LogP) is 3.37. The minimum absolute atomic E-state index is 0.0929. The van der Waals surface area contributed by atoms with E-state index in [0.29, 0.717) is 0 Å². The van der Waals surface area contributed by atoms with E-state index in [1.807, 2.05) is 18.6 Å². The number of aryl methyl sites for hydroxylation is 1. The van der Waals surface area contributed by atoms with Crippen molar-refractivity contribution >= 4 is 17.0 Å². The SMILES string of the molecule is Cc1cc(N(C)Cc2cscn2)c(CNC(C)(C)C)cn1. The maximum Gasteiger partial charge on any atom is 0.0795 e. The van der Waals surface area contributed by atoms with E-state index < -0.39 is 0 Å². The summed E-state index contributed by atoms with van der Waals surface area (Å²) < 4.78 is 0. The van der Waals surface area contributed by atoms with Gasteiger partial charge in [0, 0.05) is 47.7 Å². The molecule has 0 aromatic carbocycles. The fourth-order valence-corrected chi connectivity index (χ4v) is 2.62. The third-order valence-electron chi connectivity index (χ3n) is 3.20. The lowest BCUT2D eigenvalue weighted by atomic mass is 10.1. The Kier molecular flexibility index (Phi) is 4.96. The van der Waals surface area contributed by atoms with Crippen molar-refractivity contribution in [3.63, 3.8) is 0 Å². The molecular formula is C16H24N4S. The smallest absolute Gasteiger partial charge is 0.0795 e. The fourth-order valence-electron chi connectivity index (χ4n) is 2.07. The van der Waals surface area contributed by atoms with Gasteiger partial charge in [0.05, 0.1) is 17.7 Å². The molecule has 114 valence electrons. The second-order valence-corrected chi connectivity index (χ2v) is 7.11. The summed E-state index contributed by atoms with van der Waals surface area (Å²) in [5.41, 5.74) is 6.54. The van der Waals surface area contributed by atoms with Crippen LogP contribution in [0.5, 0.6) is 0 Å². The number of hydrogen-bond donors (Lipinski definition) is 1. The van der Waals surface area contributed by atoms with Gasteiger partial charge in [-0.1, -0.05) is 0 Å².